The van der Waals surface area contributed by atoms with Crippen LogP contribution >= 0.6 is 0 Å². The van der Waals surface area contributed by atoms with Gasteiger partial charge in [-0.05, 0) is 79.4 Å². The Kier molecular flexibility index (Phi) is 5.84. The largest absolute Gasteiger partial charge is 0.465 e. The Bertz CT molecular complexity index is 994. The van der Waals surface area contributed by atoms with Crippen LogP contribution in [0.4, 0.5) is 0 Å². The Morgan fingerprint density at radius 3 is 2.46 bits per heavy atom. The highest BCUT2D eigenvalue weighted by Crippen LogP contribution is 2.71. The number of hydrogen-bond acceptors (Lipinski definition) is 7. The molecule has 0 N–H and O–H groups in total. The zero-order valence-corrected chi connectivity index (χ0v) is 23.2. The topological polar surface area (TPSA) is 88.1 Å². The third kappa shape index (κ3) is 3.65. The van der Waals surface area contributed by atoms with Gasteiger partial charge in [-0.3, -0.25) is 14.4 Å². The fourth-order valence-electron chi connectivity index (χ4n) is 11.0. The number of esters is 3. The summed E-state index contributed by atoms with van der Waals surface area (Å²) >= 11 is 0. The van der Waals surface area contributed by atoms with Crippen LogP contribution in [0.1, 0.15) is 98.8 Å². The van der Waals surface area contributed by atoms with E-state index in [1.165, 1.54) is 26.7 Å². The number of ether oxygens (including phenoxy) is 4. The van der Waals surface area contributed by atoms with Crippen LogP contribution in [-0.2, 0) is 33.3 Å². The maximum Gasteiger partial charge on any atom is 0.309 e. The lowest BCUT2D eigenvalue weighted by molar-refractivity contribution is -0.197. The average Bonchev–Trinajstić information content (AvgIpc) is 3.26. The number of carbonyl (C=O) groups excluding carboxylic acids is 3. The first-order valence-electron chi connectivity index (χ1n) is 14.6. The summed E-state index contributed by atoms with van der Waals surface area (Å²) in [6.45, 7) is 10.9. The molecular formula is C30H44O7. The van der Waals surface area contributed by atoms with Gasteiger partial charge >= 0.3 is 17.9 Å². The number of hydrogen-bond donors (Lipinski definition) is 0. The minimum Gasteiger partial charge on any atom is -0.465 e. The summed E-state index contributed by atoms with van der Waals surface area (Å²) in [7, 11) is 0. The Morgan fingerprint density at radius 1 is 0.946 bits per heavy atom. The molecule has 3 saturated heterocycles. The molecule has 206 valence electrons. The maximum absolute atomic E-state index is 12.4. The highest BCUT2D eigenvalue weighted by molar-refractivity contribution is 5.75. The van der Waals surface area contributed by atoms with Crippen molar-refractivity contribution in [1.82, 2.24) is 0 Å². The van der Waals surface area contributed by atoms with Crippen molar-refractivity contribution in [1.29, 1.82) is 0 Å². The van der Waals surface area contributed by atoms with Crippen LogP contribution in [0.5, 0.6) is 0 Å². The fourth-order valence-corrected chi connectivity index (χ4v) is 11.0. The van der Waals surface area contributed by atoms with Gasteiger partial charge in [0.2, 0.25) is 0 Å². The van der Waals surface area contributed by atoms with E-state index < -0.39 is 11.7 Å². The summed E-state index contributed by atoms with van der Waals surface area (Å²) in [5.41, 5.74) is -0.529. The quantitative estimate of drug-likeness (QED) is 0.386. The van der Waals surface area contributed by atoms with Crippen LogP contribution in [0.3, 0.4) is 0 Å². The molecule has 11 atom stereocenters. The molecule has 2 bridgehead atoms. The van der Waals surface area contributed by atoms with Gasteiger partial charge in [-0.15, -0.1) is 0 Å². The van der Waals surface area contributed by atoms with E-state index in [-0.39, 0.29) is 52.8 Å². The van der Waals surface area contributed by atoms with Crippen LogP contribution < -0.4 is 0 Å². The lowest BCUT2D eigenvalue weighted by Crippen LogP contribution is -2.61. The molecule has 3 aliphatic carbocycles. The molecule has 11 unspecified atom stereocenters. The van der Waals surface area contributed by atoms with Crippen LogP contribution in [0.15, 0.2) is 0 Å². The van der Waals surface area contributed by atoms with Crippen molar-refractivity contribution in [3.05, 3.63) is 0 Å². The second-order valence-corrected chi connectivity index (χ2v) is 14.1. The van der Waals surface area contributed by atoms with Crippen molar-refractivity contribution >= 4 is 17.9 Å². The molecule has 3 saturated carbocycles. The molecule has 7 nitrogen and oxygen atoms in total. The van der Waals surface area contributed by atoms with E-state index in [4.69, 9.17) is 18.9 Å². The van der Waals surface area contributed by atoms with Crippen molar-refractivity contribution in [2.24, 2.45) is 39.9 Å². The molecule has 0 aromatic carbocycles. The molecule has 0 amide bonds. The summed E-state index contributed by atoms with van der Waals surface area (Å²) in [5.74, 6) is 1.10. The van der Waals surface area contributed by atoms with Crippen molar-refractivity contribution in [3.8, 4) is 0 Å². The van der Waals surface area contributed by atoms with Gasteiger partial charge in [-0.1, -0.05) is 27.2 Å². The Hall–Kier alpha value is -1.63. The molecule has 0 aromatic heterocycles. The summed E-state index contributed by atoms with van der Waals surface area (Å²) in [6, 6.07) is 0. The lowest BCUT2D eigenvalue weighted by Gasteiger charge is -2.67. The van der Waals surface area contributed by atoms with E-state index in [1.54, 1.807) is 0 Å². The molecule has 7 heteroatoms. The Morgan fingerprint density at radius 2 is 1.73 bits per heavy atom. The van der Waals surface area contributed by atoms with Crippen molar-refractivity contribution in [3.63, 3.8) is 0 Å². The number of rotatable bonds is 3. The molecule has 0 radical (unpaired) electrons. The molecule has 6 fully saturated rings. The van der Waals surface area contributed by atoms with Gasteiger partial charge in [0.05, 0.1) is 19.1 Å². The first-order valence-corrected chi connectivity index (χ1v) is 14.6. The highest BCUT2D eigenvalue weighted by atomic mass is 16.6. The van der Waals surface area contributed by atoms with Crippen LogP contribution in [-0.4, -0.2) is 48.4 Å². The summed E-state index contributed by atoms with van der Waals surface area (Å²) in [4.78, 5) is 36.4. The minimum atomic E-state index is -0.828. The van der Waals surface area contributed by atoms with Gasteiger partial charge in [0.25, 0.3) is 0 Å². The summed E-state index contributed by atoms with van der Waals surface area (Å²) in [5, 5.41) is 0. The summed E-state index contributed by atoms with van der Waals surface area (Å²) < 4.78 is 24.1. The van der Waals surface area contributed by atoms with Crippen molar-refractivity contribution in [2.45, 2.75) is 123 Å². The molecule has 6 rings (SSSR count). The third-order valence-corrected chi connectivity index (χ3v) is 12.3. The van der Waals surface area contributed by atoms with E-state index in [1.807, 2.05) is 0 Å². The second-order valence-electron chi connectivity index (χ2n) is 14.1. The van der Waals surface area contributed by atoms with Crippen LogP contribution in [0.2, 0.25) is 0 Å². The standard InChI is InChI=1S/C30H44O7/c1-17(31)34-16-27(3)10-6-11-29(5)22(27)9-12-28(4)20-13-24(35-18(2)32)30-15-26(33)36-25(30)14-21(37-30)19(20)7-8-23(28)29/h19-25H,6-16H2,1-5H3. The Balaban J connectivity index is 1.34. The molecule has 37 heavy (non-hydrogen) atoms. The second kappa shape index (κ2) is 8.43. The minimum absolute atomic E-state index is 0.0104. The van der Waals surface area contributed by atoms with E-state index in [9.17, 15) is 14.4 Å². The molecule has 0 aromatic rings. The molecule has 3 heterocycles. The van der Waals surface area contributed by atoms with Gasteiger partial charge in [0.15, 0.2) is 5.60 Å². The van der Waals surface area contributed by atoms with Gasteiger partial charge < -0.3 is 18.9 Å². The average molecular weight is 517 g/mol. The van der Waals surface area contributed by atoms with E-state index in [2.05, 4.69) is 20.8 Å². The molecule has 3 aliphatic heterocycles. The first-order chi connectivity index (χ1) is 17.4. The van der Waals surface area contributed by atoms with Gasteiger partial charge in [-0.25, -0.2) is 0 Å². The molecule has 1 spiro atoms. The van der Waals surface area contributed by atoms with E-state index >= 15 is 0 Å². The third-order valence-electron chi connectivity index (χ3n) is 12.3. The maximum atomic E-state index is 12.4. The van der Waals surface area contributed by atoms with Crippen LogP contribution in [0, 0.1) is 39.9 Å². The Labute approximate surface area is 220 Å². The fraction of sp³-hybridized carbons (Fsp3) is 0.900. The van der Waals surface area contributed by atoms with E-state index in [0.717, 1.165) is 38.5 Å². The monoisotopic (exact) mass is 516 g/mol. The number of carbonyl (C=O) groups is 3. The van der Waals surface area contributed by atoms with Gasteiger partial charge in [0, 0.05) is 25.7 Å². The van der Waals surface area contributed by atoms with Crippen molar-refractivity contribution in [2.75, 3.05) is 6.61 Å². The summed E-state index contributed by atoms with van der Waals surface area (Å²) in [6.07, 6.45) is 8.93. The number of fused-ring (bicyclic) bond motifs is 7. The SMILES string of the molecule is CC(=O)OCC1(C)CCCC2(C)C1CCC1(C)C3CC(OC(C)=O)C45CC(=O)OC4CC(O5)C3CCC12. The zero-order valence-electron chi connectivity index (χ0n) is 23.2. The molecule has 6 aliphatic rings. The smallest absolute Gasteiger partial charge is 0.309 e. The van der Waals surface area contributed by atoms with Crippen molar-refractivity contribution < 1.29 is 33.3 Å². The predicted molar refractivity (Wildman–Crippen MR) is 134 cm³/mol. The predicted octanol–water partition coefficient (Wildman–Crippen LogP) is 4.98. The van der Waals surface area contributed by atoms with Crippen LogP contribution in [0.25, 0.3) is 0 Å². The van der Waals surface area contributed by atoms with E-state index in [0.29, 0.717) is 36.7 Å². The van der Waals surface area contributed by atoms with Gasteiger partial charge in [-0.2, -0.15) is 0 Å². The lowest BCUT2D eigenvalue weighted by atomic mass is 9.38. The molecular weight excluding hydrogens is 472 g/mol. The van der Waals surface area contributed by atoms with Gasteiger partial charge in [0.1, 0.15) is 12.2 Å². The zero-order chi connectivity index (χ0) is 26.4. The normalized spacial score (nSPS) is 52.0. The first kappa shape index (κ1) is 25.6. The highest BCUT2D eigenvalue weighted by Gasteiger charge is 2.70.